The Morgan fingerprint density at radius 3 is 2.19 bits per heavy atom. The zero-order chi connectivity index (χ0) is 16.4. The average molecular weight is 303 g/mol. The molecule has 0 saturated carbocycles. The summed E-state index contributed by atoms with van der Waals surface area (Å²) in [5.74, 6) is -3.06. The van der Waals surface area contributed by atoms with Crippen LogP contribution in [0.1, 0.15) is 25.7 Å². The van der Waals surface area contributed by atoms with Crippen LogP contribution in [0.2, 0.25) is 0 Å². The van der Waals surface area contributed by atoms with Gasteiger partial charge in [0.2, 0.25) is 5.91 Å². The van der Waals surface area contributed by atoms with E-state index in [4.69, 9.17) is 27.4 Å². The van der Waals surface area contributed by atoms with Crippen LogP contribution in [-0.2, 0) is 14.4 Å². The summed E-state index contributed by atoms with van der Waals surface area (Å²) in [4.78, 5) is 36.7. The molecular formula is C11H21N5O5. The first kappa shape index (κ1) is 18.6. The van der Waals surface area contributed by atoms with Crippen molar-refractivity contribution in [2.75, 3.05) is 6.54 Å². The largest absolute Gasteiger partial charge is 0.480 e. The summed E-state index contributed by atoms with van der Waals surface area (Å²) in [5, 5.41) is 19.8. The van der Waals surface area contributed by atoms with Crippen LogP contribution in [0.3, 0.4) is 0 Å². The van der Waals surface area contributed by atoms with E-state index in [2.05, 4.69) is 10.3 Å². The van der Waals surface area contributed by atoms with Crippen molar-refractivity contribution in [3.63, 3.8) is 0 Å². The Balaban J connectivity index is 4.19. The maximum atomic E-state index is 11.5. The zero-order valence-electron chi connectivity index (χ0n) is 11.5. The summed E-state index contributed by atoms with van der Waals surface area (Å²) in [6, 6.07) is -2.23. The van der Waals surface area contributed by atoms with E-state index >= 15 is 0 Å². The number of carboxylic acids is 2. The summed E-state index contributed by atoms with van der Waals surface area (Å²) in [5.41, 5.74) is 15.5. The minimum atomic E-state index is -1.21. The van der Waals surface area contributed by atoms with E-state index in [0.29, 0.717) is 6.42 Å². The SMILES string of the molecule is NC(N)=NCCC[C@@H](NC(=O)CC[C@H](N)C(=O)O)C(=O)O. The predicted molar refractivity (Wildman–Crippen MR) is 74.3 cm³/mol. The second kappa shape index (κ2) is 9.53. The van der Waals surface area contributed by atoms with Crippen molar-refractivity contribution in [2.24, 2.45) is 22.2 Å². The molecule has 0 aromatic carbocycles. The van der Waals surface area contributed by atoms with Gasteiger partial charge in [-0.1, -0.05) is 0 Å². The molecule has 2 atom stereocenters. The van der Waals surface area contributed by atoms with Crippen LogP contribution in [0.15, 0.2) is 4.99 Å². The van der Waals surface area contributed by atoms with Crippen LogP contribution >= 0.6 is 0 Å². The second-order valence-corrected chi connectivity index (χ2v) is 4.39. The first-order valence-electron chi connectivity index (χ1n) is 6.30. The number of aliphatic carboxylic acids is 2. The quantitative estimate of drug-likeness (QED) is 0.148. The highest BCUT2D eigenvalue weighted by molar-refractivity contribution is 5.84. The molecule has 1 amide bonds. The molecule has 0 aliphatic carbocycles. The van der Waals surface area contributed by atoms with Gasteiger partial charge in [-0.15, -0.1) is 0 Å². The van der Waals surface area contributed by atoms with E-state index in [-0.39, 0.29) is 31.8 Å². The van der Waals surface area contributed by atoms with E-state index in [1.807, 2.05) is 0 Å². The average Bonchev–Trinajstić information content (AvgIpc) is 2.38. The molecule has 21 heavy (non-hydrogen) atoms. The summed E-state index contributed by atoms with van der Waals surface area (Å²) < 4.78 is 0. The van der Waals surface area contributed by atoms with Gasteiger partial charge < -0.3 is 32.7 Å². The fraction of sp³-hybridized carbons (Fsp3) is 0.636. The molecule has 10 heteroatoms. The fourth-order valence-electron chi connectivity index (χ4n) is 1.44. The topological polar surface area (TPSA) is 194 Å². The van der Waals surface area contributed by atoms with E-state index in [1.165, 1.54) is 0 Å². The van der Waals surface area contributed by atoms with Crippen LogP contribution in [0.4, 0.5) is 0 Å². The molecule has 0 spiro atoms. The van der Waals surface area contributed by atoms with Crippen molar-refractivity contribution in [3.8, 4) is 0 Å². The lowest BCUT2D eigenvalue weighted by Gasteiger charge is -2.14. The minimum absolute atomic E-state index is 0.0680. The van der Waals surface area contributed by atoms with Gasteiger partial charge in [-0.25, -0.2) is 4.79 Å². The molecular weight excluding hydrogens is 282 g/mol. The molecule has 0 aliphatic heterocycles. The predicted octanol–water partition coefficient (Wildman–Crippen LogP) is -2.20. The molecule has 0 bridgehead atoms. The molecule has 120 valence electrons. The van der Waals surface area contributed by atoms with Gasteiger partial charge in [0.15, 0.2) is 5.96 Å². The van der Waals surface area contributed by atoms with E-state index in [9.17, 15) is 14.4 Å². The van der Waals surface area contributed by atoms with Crippen molar-refractivity contribution in [2.45, 2.75) is 37.8 Å². The Labute approximate surface area is 121 Å². The highest BCUT2D eigenvalue weighted by atomic mass is 16.4. The summed E-state index contributed by atoms with van der Waals surface area (Å²) in [6.45, 7) is 0.256. The van der Waals surface area contributed by atoms with Crippen molar-refractivity contribution < 1.29 is 24.6 Å². The number of carbonyl (C=O) groups is 3. The van der Waals surface area contributed by atoms with Crippen molar-refractivity contribution in [1.82, 2.24) is 5.32 Å². The number of rotatable bonds is 10. The van der Waals surface area contributed by atoms with Crippen LogP contribution < -0.4 is 22.5 Å². The van der Waals surface area contributed by atoms with Gasteiger partial charge in [-0.3, -0.25) is 14.6 Å². The first-order chi connectivity index (χ1) is 9.73. The number of guanidine groups is 1. The third kappa shape index (κ3) is 9.21. The molecule has 0 aliphatic rings. The van der Waals surface area contributed by atoms with Gasteiger partial charge in [0, 0.05) is 13.0 Å². The number of carbonyl (C=O) groups excluding carboxylic acids is 1. The summed E-state index contributed by atoms with van der Waals surface area (Å²) in [7, 11) is 0. The number of aliphatic imine (C=N–C) groups is 1. The maximum absolute atomic E-state index is 11.5. The number of nitrogens with one attached hydrogen (secondary N) is 1. The van der Waals surface area contributed by atoms with Crippen molar-refractivity contribution in [1.29, 1.82) is 0 Å². The monoisotopic (exact) mass is 303 g/mol. The smallest absolute Gasteiger partial charge is 0.326 e. The molecule has 0 radical (unpaired) electrons. The summed E-state index contributed by atoms with van der Waals surface area (Å²) in [6.07, 6.45) is 0.305. The normalized spacial score (nSPS) is 13.0. The number of hydrogen-bond donors (Lipinski definition) is 6. The summed E-state index contributed by atoms with van der Waals surface area (Å²) >= 11 is 0. The Bertz CT molecular complexity index is 408. The van der Waals surface area contributed by atoms with Crippen LogP contribution in [0, 0.1) is 0 Å². The first-order valence-corrected chi connectivity index (χ1v) is 6.30. The molecule has 0 rings (SSSR count). The Morgan fingerprint density at radius 2 is 1.71 bits per heavy atom. The van der Waals surface area contributed by atoms with Crippen LogP contribution in [-0.4, -0.2) is 52.6 Å². The highest BCUT2D eigenvalue weighted by Gasteiger charge is 2.20. The zero-order valence-corrected chi connectivity index (χ0v) is 11.5. The van der Waals surface area contributed by atoms with E-state index in [1.54, 1.807) is 0 Å². The maximum Gasteiger partial charge on any atom is 0.326 e. The van der Waals surface area contributed by atoms with Crippen molar-refractivity contribution >= 4 is 23.8 Å². The molecule has 0 unspecified atom stereocenters. The Morgan fingerprint density at radius 1 is 1.10 bits per heavy atom. The Hall–Kier alpha value is -2.36. The van der Waals surface area contributed by atoms with Crippen LogP contribution in [0.5, 0.6) is 0 Å². The molecule has 0 aromatic heterocycles. The molecule has 0 heterocycles. The fourth-order valence-corrected chi connectivity index (χ4v) is 1.44. The number of carboxylic acid groups (broad SMARTS) is 2. The van der Waals surface area contributed by atoms with Gasteiger partial charge in [-0.2, -0.15) is 0 Å². The third-order valence-electron chi connectivity index (χ3n) is 2.58. The van der Waals surface area contributed by atoms with Crippen molar-refractivity contribution in [3.05, 3.63) is 0 Å². The standard InChI is InChI=1S/C11H21N5O5/c12-6(9(18)19)3-4-8(17)16-7(10(20)21)2-1-5-15-11(13)14/h6-7H,1-5,12H2,(H,16,17)(H,18,19)(H,20,21)(H4,13,14,15)/t6-,7+/m0/s1. The molecule has 10 nitrogen and oxygen atoms in total. The number of amides is 1. The van der Waals surface area contributed by atoms with Gasteiger partial charge in [0.25, 0.3) is 0 Å². The van der Waals surface area contributed by atoms with E-state index < -0.39 is 29.9 Å². The lowest BCUT2D eigenvalue weighted by atomic mass is 10.1. The number of nitrogens with two attached hydrogens (primary N) is 3. The van der Waals surface area contributed by atoms with Gasteiger partial charge in [0.1, 0.15) is 12.1 Å². The third-order valence-corrected chi connectivity index (χ3v) is 2.58. The number of hydrogen-bond acceptors (Lipinski definition) is 5. The van der Waals surface area contributed by atoms with Gasteiger partial charge >= 0.3 is 11.9 Å². The Kier molecular flexibility index (Phi) is 8.46. The molecule has 0 aromatic rings. The van der Waals surface area contributed by atoms with Gasteiger partial charge in [-0.05, 0) is 19.3 Å². The van der Waals surface area contributed by atoms with Gasteiger partial charge in [0.05, 0.1) is 0 Å². The number of nitrogens with zero attached hydrogens (tertiary/aromatic N) is 1. The minimum Gasteiger partial charge on any atom is -0.480 e. The lowest BCUT2D eigenvalue weighted by Crippen LogP contribution is -2.41. The second-order valence-electron chi connectivity index (χ2n) is 4.39. The molecule has 0 saturated heterocycles. The molecule has 9 N–H and O–H groups in total. The van der Waals surface area contributed by atoms with Crippen LogP contribution in [0.25, 0.3) is 0 Å². The lowest BCUT2D eigenvalue weighted by molar-refractivity contribution is -0.142. The molecule has 0 fully saturated rings. The van der Waals surface area contributed by atoms with E-state index in [0.717, 1.165) is 0 Å². The highest BCUT2D eigenvalue weighted by Crippen LogP contribution is 2.01.